The number of amides is 3. The van der Waals surface area contributed by atoms with Gasteiger partial charge in [-0.1, -0.05) is 12.1 Å². The van der Waals surface area contributed by atoms with E-state index < -0.39 is 17.7 Å². The van der Waals surface area contributed by atoms with Crippen LogP contribution < -0.4 is 16.4 Å². The summed E-state index contributed by atoms with van der Waals surface area (Å²) in [6.07, 6.45) is 0. The molecule has 1 heterocycles. The second-order valence-corrected chi connectivity index (χ2v) is 7.51. The summed E-state index contributed by atoms with van der Waals surface area (Å²) in [6, 6.07) is 11.9. The van der Waals surface area contributed by atoms with Crippen molar-refractivity contribution in [3.63, 3.8) is 0 Å². The molecule has 0 radical (unpaired) electrons. The fraction of sp³-hybridized carbons (Fsp3) is 0.318. The van der Waals surface area contributed by atoms with Gasteiger partial charge in [0, 0.05) is 44.0 Å². The number of carbonyl (C=O) groups is 3. The SMILES string of the molecule is CN1CCN(C(CNC(=O)C(=O)Nc2ccc(C(N)=O)cc2)c2ccc(F)cc2)CC1. The van der Waals surface area contributed by atoms with E-state index in [1.54, 1.807) is 12.1 Å². The standard InChI is InChI=1S/C22H26FN5O3/c1-27-10-12-28(13-11-27)19(15-2-6-17(23)7-3-15)14-25-21(30)22(31)26-18-8-4-16(5-9-18)20(24)29/h2-9,19H,10-14H2,1H3,(H2,24,29)(H,25,30)(H,26,31). The monoisotopic (exact) mass is 427 g/mol. The van der Waals surface area contributed by atoms with Crippen molar-refractivity contribution in [3.8, 4) is 0 Å². The van der Waals surface area contributed by atoms with Crippen LogP contribution in [0.4, 0.5) is 10.1 Å². The molecule has 1 aliphatic heterocycles. The van der Waals surface area contributed by atoms with Gasteiger partial charge in [0.2, 0.25) is 5.91 Å². The topological polar surface area (TPSA) is 108 Å². The van der Waals surface area contributed by atoms with Gasteiger partial charge >= 0.3 is 11.8 Å². The fourth-order valence-corrected chi connectivity index (χ4v) is 3.45. The molecule has 31 heavy (non-hydrogen) atoms. The molecule has 2 aromatic carbocycles. The van der Waals surface area contributed by atoms with Crippen molar-refractivity contribution < 1.29 is 18.8 Å². The molecule has 2 aromatic rings. The largest absolute Gasteiger partial charge is 0.366 e. The van der Waals surface area contributed by atoms with E-state index in [0.717, 1.165) is 31.7 Å². The Labute approximate surface area is 180 Å². The van der Waals surface area contributed by atoms with Crippen molar-refractivity contribution in [1.82, 2.24) is 15.1 Å². The van der Waals surface area contributed by atoms with E-state index in [0.29, 0.717) is 11.3 Å². The van der Waals surface area contributed by atoms with Crippen LogP contribution in [0.25, 0.3) is 0 Å². The van der Waals surface area contributed by atoms with Gasteiger partial charge in [-0.2, -0.15) is 0 Å². The lowest BCUT2D eigenvalue weighted by molar-refractivity contribution is -0.136. The quantitative estimate of drug-likeness (QED) is 0.596. The van der Waals surface area contributed by atoms with E-state index in [1.807, 2.05) is 7.05 Å². The Morgan fingerprint density at radius 2 is 1.58 bits per heavy atom. The molecule has 1 aliphatic rings. The Kier molecular flexibility index (Phi) is 7.32. The Balaban J connectivity index is 1.62. The average molecular weight is 427 g/mol. The lowest BCUT2D eigenvalue weighted by atomic mass is 10.0. The number of benzene rings is 2. The molecule has 1 fully saturated rings. The third-order valence-electron chi connectivity index (χ3n) is 5.32. The second kappa shape index (κ2) is 10.1. The van der Waals surface area contributed by atoms with E-state index in [9.17, 15) is 18.8 Å². The van der Waals surface area contributed by atoms with Crippen LogP contribution in [0.5, 0.6) is 0 Å². The Hall–Kier alpha value is -3.30. The van der Waals surface area contributed by atoms with E-state index in [4.69, 9.17) is 5.73 Å². The van der Waals surface area contributed by atoms with Gasteiger partial charge < -0.3 is 21.3 Å². The first-order chi connectivity index (χ1) is 14.8. The number of rotatable bonds is 6. The van der Waals surface area contributed by atoms with Crippen LogP contribution in [0.3, 0.4) is 0 Å². The Morgan fingerprint density at radius 3 is 2.16 bits per heavy atom. The maximum atomic E-state index is 13.4. The number of hydrogen-bond acceptors (Lipinski definition) is 5. The van der Waals surface area contributed by atoms with Crippen LogP contribution >= 0.6 is 0 Å². The minimum absolute atomic E-state index is 0.180. The molecule has 0 bridgehead atoms. The van der Waals surface area contributed by atoms with Crippen LogP contribution in [0.15, 0.2) is 48.5 Å². The van der Waals surface area contributed by atoms with Crippen molar-refractivity contribution in [3.05, 3.63) is 65.5 Å². The first-order valence-electron chi connectivity index (χ1n) is 10.0. The summed E-state index contributed by atoms with van der Waals surface area (Å²) in [4.78, 5) is 40.2. The number of nitrogens with two attached hydrogens (primary N) is 1. The molecule has 9 heteroatoms. The highest BCUT2D eigenvalue weighted by Gasteiger charge is 2.25. The van der Waals surface area contributed by atoms with Gasteiger partial charge in [0.1, 0.15) is 5.82 Å². The number of nitrogens with zero attached hydrogens (tertiary/aromatic N) is 2. The van der Waals surface area contributed by atoms with Gasteiger partial charge in [0.15, 0.2) is 0 Å². The molecular weight excluding hydrogens is 401 g/mol. The summed E-state index contributed by atoms with van der Waals surface area (Å²) in [6.45, 7) is 3.57. The van der Waals surface area contributed by atoms with Gasteiger partial charge in [0.25, 0.3) is 0 Å². The molecule has 4 N–H and O–H groups in total. The molecular formula is C22H26FN5O3. The third-order valence-corrected chi connectivity index (χ3v) is 5.32. The molecule has 1 unspecified atom stereocenters. The molecule has 0 aliphatic carbocycles. The van der Waals surface area contributed by atoms with E-state index in [1.165, 1.54) is 36.4 Å². The van der Waals surface area contributed by atoms with E-state index in [2.05, 4.69) is 20.4 Å². The summed E-state index contributed by atoms with van der Waals surface area (Å²) in [5.74, 6) is -2.50. The molecule has 3 rings (SSSR count). The number of primary amides is 1. The number of carbonyl (C=O) groups excluding carboxylic acids is 3. The Bertz CT molecular complexity index is 925. The fourth-order valence-electron chi connectivity index (χ4n) is 3.45. The predicted octanol–water partition coefficient (Wildman–Crippen LogP) is 0.968. The van der Waals surface area contributed by atoms with Crippen LogP contribution in [-0.4, -0.2) is 67.3 Å². The van der Waals surface area contributed by atoms with Gasteiger partial charge in [-0.15, -0.1) is 0 Å². The highest BCUT2D eigenvalue weighted by Crippen LogP contribution is 2.22. The minimum atomic E-state index is -0.817. The summed E-state index contributed by atoms with van der Waals surface area (Å²) >= 11 is 0. The van der Waals surface area contributed by atoms with Crippen LogP contribution in [0.2, 0.25) is 0 Å². The summed E-state index contributed by atoms with van der Waals surface area (Å²) in [7, 11) is 2.05. The zero-order valence-electron chi connectivity index (χ0n) is 17.3. The van der Waals surface area contributed by atoms with Gasteiger partial charge in [0.05, 0.1) is 6.04 Å². The number of piperazine rings is 1. The highest BCUT2D eigenvalue weighted by molar-refractivity contribution is 6.39. The number of anilines is 1. The maximum Gasteiger partial charge on any atom is 0.313 e. The first kappa shape index (κ1) is 22.4. The molecule has 1 atom stereocenters. The van der Waals surface area contributed by atoms with Crippen LogP contribution in [-0.2, 0) is 9.59 Å². The smallest absolute Gasteiger partial charge is 0.313 e. The average Bonchev–Trinajstić information content (AvgIpc) is 2.76. The molecule has 0 aromatic heterocycles. The predicted molar refractivity (Wildman–Crippen MR) is 115 cm³/mol. The van der Waals surface area contributed by atoms with Gasteiger partial charge in [-0.05, 0) is 49.0 Å². The highest BCUT2D eigenvalue weighted by atomic mass is 19.1. The van der Waals surface area contributed by atoms with Crippen molar-refractivity contribution in [2.75, 3.05) is 45.1 Å². The Morgan fingerprint density at radius 1 is 0.968 bits per heavy atom. The van der Waals surface area contributed by atoms with Gasteiger partial charge in [-0.25, -0.2) is 4.39 Å². The molecule has 1 saturated heterocycles. The first-order valence-corrected chi connectivity index (χ1v) is 10.0. The zero-order valence-corrected chi connectivity index (χ0v) is 17.3. The third kappa shape index (κ3) is 6.09. The molecule has 0 spiro atoms. The van der Waals surface area contributed by atoms with E-state index in [-0.39, 0.29) is 18.4 Å². The molecule has 164 valence electrons. The number of likely N-dealkylation sites (N-methyl/N-ethyl adjacent to an activating group) is 1. The zero-order chi connectivity index (χ0) is 22.4. The number of halogens is 1. The lowest BCUT2D eigenvalue weighted by Gasteiger charge is -2.38. The lowest BCUT2D eigenvalue weighted by Crippen LogP contribution is -2.49. The van der Waals surface area contributed by atoms with E-state index >= 15 is 0 Å². The molecule has 8 nitrogen and oxygen atoms in total. The summed E-state index contributed by atoms with van der Waals surface area (Å²) in [5, 5.41) is 5.17. The summed E-state index contributed by atoms with van der Waals surface area (Å²) < 4.78 is 13.4. The molecule has 3 amide bonds. The van der Waals surface area contributed by atoms with Crippen LogP contribution in [0, 0.1) is 5.82 Å². The van der Waals surface area contributed by atoms with Crippen molar-refractivity contribution in [1.29, 1.82) is 0 Å². The maximum absolute atomic E-state index is 13.4. The summed E-state index contributed by atoms with van der Waals surface area (Å²) in [5.41, 5.74) is 6.73. The van der Waals surface area contributed by atoms with Gasteiger partial charge in [-0.3, -0.25) is 19.3 Å². The number of hydrogen-bond donors (Lipinski definition) is 3. The molecule has 0 saturated carbocycles. The second-order valence-electron chi connectivity index (χ2n) is 7.51. The van der Waals surface area contributed by atoms with Crippen molar-refractivity contribution in [2.45, 2.75) is 6.04 Å². The van der Waals surface area contributed by atoms with Crippen molar-refractivity contribution in [2.24, 2.45) is 5.73 Å². The van der Waals surface area contributed by atoms with Crippen molar-refractivity contribution >= 4 is 23.4 Å². The number of nitrogens with one attached hydrogen (secondary N) is 2. The minimum Gasteiger partial charge on any atom is -0.366 e. The van der Waals surface area contributed by atoms with Crippen LogP contribution in [0.1, 0.15) is 22.0 Å². The normalized spacial score (nSPS) is 15.8.